The lowest BCUT2D eigenvalue weighted by molar-refractivity contribution is -0.136. The van der Waals surface area contributed by atoms with Crippen LogP contribution in [0.25, 0.3) is 0 Å². The van der Waals surface area contributed by atoms with Crippen LogP contribution in [0, 0.1) is 5.92 Å². The van der Waals surface area contributed by atoms with Gasteiger partial charge in [-0.2, -0.15) is 0 Å². The van der Waals surface area contributed by atoms with Crippen LogP contribution in [-0.4, -0.2) is 36.7 Å². The standard InChI is InChI=1S/C23H23NO4/c1-27-22(25)20-14-19(16-8-4-2-5-9-16)17-12-13-21(20)24(15-17)23(26)28-18-10-6-3-7-11-18/h2-11,14,17,19,21H,12-13,15H2,1H3/t17?,19-,21?/m1/s1. The van der Waals surface area contributed by atoms with Crippen LogP contribution in [0.15, 0.2) is 72.3 Å². The Kier molecular flexibility index (Phi) is 5.15. The van der Waals surface area contributed by atoms with E-state index < -0.39 is 6.09 Å². The lowest BCUT2D eigenvalue weighted by Gasteiger charge is -2.38. The van der Waals surface area contributed by atoms with E-state index in [1.807, 2.05) is 42.5 Å². The van der Waals surface area contributed by atoms with E-state index in [1.165, 1.54) is 7.11 Å². The van der Waals surface area contributed by atoms with Gasteiger partial charge in [0.1, 0.15) is 5.75 Å². The Morgan fingerprint density at radius 2 is 1.64 bits per heavy atom. The van der Waals surface area contributed by atoms with Crippen LogP contribution in [0.4, 0.5) is 4.79 Å². The van der Waals surface area contributed by atoms with Crippen molar-refractivity contribution in [3.8, 4) is 5.75 Å². The number of rotatable bonds is 3. The molecule has 0 saturated carbocycles. The second kappa shape index (κ2) is 7.89. The van der Waals surface area contributed by atoms with Gasteiger partial charge < -0.3 is 14.4 Å². The number of allylic oxidation sites excluding steroid dienone is 1. The lowest BCUT2D eigenvalue weighted by atomic mass is 9.82. The smallest absolute Gasteiger partial charge is 0.415 e. The van der Waals surface area contributed by atoms with Gasteiger partial charge >= 0.3 is 12.1 Å². The number of fused-ring (bicyclic) bond motifs is 3. The van der Waals surface area contributed by atoms with Crippen molar-refractivity contribution >= 4 is 12.1 Å². The first-order chi connectivity index (χ1) is 13.7. The molecule has 2 heterocycles. The third kappa shape index (κ3) is 3.52. The number of hydrogen-bond donors (Lipinski definition) is 0. The second-order valence-corrected chi connectivity index (χ2v) is 7.24. The first-order valence-corrected chi connectivity index (χ1v) is 9.56. The number of esters is 1. The van der Waals surface area contributed by atoms with Crippen molar-refractivity contribution in [1.29, 1.82) is 0 Å². The molecule has 3 atom stereocenters. The summed E-state index contributed by atoms with van der Waals surface area (Å²) in [6.07, 6.45) is 3.23. The second-order valence-electron chi connectivity index (χ2n) is 7.24. The lowest BCUT2D eigenvalue weighted by Crippen LogP contribution is -2.49. The van der Waals surface area contributed by atoms with Crippen molar-refractivity contribution < 1.29 is 19.1 Å². The fraction of sp³-hybridized carbons (Fsp3) is 0.304. The van der Waals surface area contributed by atoms with E-state index in [4.69, 9.17) is 9.47 Å². The molecule has 2 aromatic carbocycles. The largest absolute Gasteiger partial charge is 0.466 e. The van der Waals surface area contributed by atoms with Gasteiger partial charge in [0.15, 0.2) is 0 Å². The zero-order valence-corrected chi connectivity index (χ0v) is 15.8. The van der Waals surface area contributed by atoms with Gasteiger partial charge in [0.25, 0.3) is 0 Å². The molecule has 0 spiro atoms. The minimum absolute atomic E-state index is 0.0647. The molecule has 0 N–H and O–H groups in total. The maximum atomic E-state index is 12.9. The topological polar surface area (TPSA) is 55.8 Å². The van der Waals surface area contributed by atoms with Crippen LogP contribution in [0.2, 0.25) is 0 Å². The first kappa shape index (κ1) is 18.3. The molecule has 1 amide bonds. The van der Waals surface area contributed by atoms with Gasteiger partial charge in [-0.3, -0.25) is 0 Å². The number of carbonyl (C=O) groups is 2. The Morgan fingerprint density at radius 1 is 0.964 bits per heavy atom. The molecule has 1 saturated heterocycles. The summed E-state index contributed by atoms with van der Waals surface area (Å²) in [6.45, 7) is 0.549. The van der Waals surface area contributed by atoms with Gasteiger partial charge in [0.2, 0.25) is 0 Å². The molecule has 5 rings (SSSR count). The number of para-hydroxylation sites is 1. The molecular weight excluding hydrogens is 354 g/mol. The molecular formula is C23H23NO4. The van der Waals surface area contributed by atoms with Crippen molar-refractivity contribution in [3.05, 3.63) is 77.9 Å². The van der Waals surface area contributed by atoms with Gasteiger partial charge in [0, 0.05) is 12.5 Å². The number of amides is 1. The summed E-state index contributed by atoms with van der Waals surface area (Å²) < 4.78 is 10.6. The maximum absolute atomic E-state index is 12.9. The summed E-state index contributed by atoms with van der Waals surface area (Å²) >= 11 is 0. The molecule has 5 nitrogen and oxygen atoms in total. The molecule has 2 bridgehead atoms. The highest BCUT2D eigenvalue weighted by atomic mass is 16.6. The Balaban J connectivity index is 1.66. The van der Waals surface area contributed by atoms with E-state index in [9.17, 15) is 9.59 Å². The molecule has 1 aliphatic carbocycles. The van der Waals surface area contributed by atoms with Crippen LogP contribution >= 0.6 is 0 Å². The Labute approximate surface area is 164 Å². The van der Waals surface area contributed by atoms with Gasteiger partial charge in [-0.15, -0.1) is 0 Å². The van der Waals surface area contributed by atoms with Crippen molar-refractivity contribution in [2.45, 2.75) is 24.8 Å². The highest BCUT2D eigenvalue weighted by Crippen LogP contribution is 2.42. The van der Waals surface area contributed by atoms with Crippen LogP contribution in [-0.2, 0) is 9.53 Å². The molecule has 144 valence electrons. The Morgan fingerprint density at radius 3 is 2.32 bits per heavy atom. The quantitative estimate of drug-likeness (QED) is 0.754. The average molecular weight is 377 g/mol. The predicted octanol–water partition coefficient (Wildman–Crippen LogP) is 4.16. The molecule has 3 aliphatic rings. The highest BCUT2D eigenvalue weighted by molar-refractivity contribution is 5.91. The normalized spacial score (nSPS) is 23.5. The van der Waals surface area contributed by atoms with E-state index in [0.29, 0.717) is 17.9 Å². The zero-order valence-electron chi connectivity index (χ0n) is 15.8. The minimum atomic E-state index is -0.426. The van der Waals surface area contributed by atoms with Gasteiger partial charge in [-0.05, 0) is 36.5 Å². The number of methoxy groups -OCH3 is 1. The molecule has 0 radical (unpaired) electrons. The molecule has 0 aromatic heterocycles. The average Bonchev–Trinajstić information content (AvgIpc) is 3.03. The van der Waals surface area contributed by atoms with E-state index in [1.54, 1.807) is 17.0 Å². The molecule has 2 aliphatic heterocycles. The summed E-state index contributed by atoms with van der Waals surface area (Å²) in [5.74, 6) is 0.403. The summed E-state index contributed by atoms with van der Waals surface area (Å²) in [7, 11) is 1.38. The fourth-order valence-corrected chi connectivity index (χ4v) is 4.27. The van der Waals surface area contributed by atoms with Crippen LogP contribution in [0.5, 0.6) is 5.75 Å². The van der Waals surface area contributed by atoms with Crippen LogP contribution in [0.1, 0.15) is 24.3 Å². The van der Waals surface area contributed by atoms with E-state index >= 15 is 0 Å². The predicted molar refractivity (Wildman–Crippen MR) is 105 cm³/mol. The number of hydrogen-bond acceptors (Lipinski definition) is 4. The molecule has 2 aromatic rings. The number of nitrogens with zero attached hydrogens (tertiary/aromatic N) is 1. The van der Waals surface area contributed by atoms with Crippen molar-refractivity contribution in [2.75, 3.05) is 13.7 Å². The summed E-state index contributed by atoms with van der Waals surface area (Å²) in [5.41, 5.74) is 1.69. The first-order valence-electron chi connectivity index (χ1n) is 9.56. The molecule has 5 heteroatoms. The van der Waals surface area contributed by atoms with Gasteiger partial charge in [0.05, 0.1) is 18.7 Å². The third-order valence-electron chi connectivity index (χ3n) is 5.63. The Hall–Kier alpha value is -3.08. The van der Waals surface area contributed by atoms with Crippen molar-refractivity contribution in [1.82, 2.24) is 4.90 Å². The minimum Gasteiger partial charge on any atom is -0.466 e. The Bertz CT molecular complexity index is 878. The SMILES string of the molecule is COC(=O)C1=C[C@H](c2ccccc2)C2CCC1N(C(=O)Oc1ccccc1)C2. The molecule has 28 heavy (non-hydrogen) atoms. The molecule has 2 unspecified atom stereocenters. The maximum Gasteiger partial charge on any atom is 0.415 e. The van der Waals surface area contributed by atoms with Crippen LogP contribution < -0.4 is 4.74 Å². The van der Waals surface area contributed by atoms with E-state index in [0.717, 1.165) is 18.4 Å². The van der Waals surface area contributed by atoms with Gasteiger partial charge in [-0.25, -0.2) is 9.59 Å². The van der Waals surface area contributed by atoms with Crippen molar-refractivity contribution in [2.24, 2.45) is 5.92 Å². The summed E-state index contributed by atoms with van der Waals surface area (Å²) in [6, 6.07) is 18.8. The number of benzene rings is 2. The fourth-order valence-electron chi connectivity index (χ4n) is 4.27. The number of ether oxygens (including phenoxy) is 2. The summed E-state index contributed by atoms with van der Waals surface area (Å²) in [4.78, 5) is 27.2. The van der Waals surface area contributed by atoms with E-state index in [2.05, 4.69) is 12.1 Å². The van der Waals surface area contributed by atoms with Crippen molar-refractivity contribution in [3.63, 3.8) is 0 Å². The van der Waals surface area contributed by atoms with Gasteiger partial charge in [-0.1, -0.05) is 54.6 Å². The summed E-state index contributed by atoms with van der Waals surface area (Å²) in [5, 5.41) is 0. The monoisotopic (exact) mass is 377 g/mol. The molecule has 1 fully saturated rings. The van der Waals surface area contributed by atoms with E-state index in [-0.39, 0.29) is 23.8 Å². The highest BCUT2D eigenvalue weighted by Gasteiger charge is 2.43. The van der Waals surface area contributed by atoms with Crippen LogP contribution in [0.3, 0.4) is 0 Å². The third-order valence-corrected chi connectivity index (χ3v) is 5.63. The number of piperidine rings is 1. The number of carbonyl (C=O) groups excluding carboxylic acids is 2. The zero-order chi connectivity index (χ0) is 19.5.